The number of thiazole rings is 1. The van der Waals surface area contributed by atoms with Crippen molar-refractivity contribution in [1.29, 1.82) is 0 Å². The Kier molecular flexibility index (Phi) is 5.34. The highest BCUT2D eigenvalue weighted by Crippen LogP contribution is 2.32. The van der Waals surface area contributed by atoms with Gasteiger partial charge in [0.15, 0.2) is 5.82 Å². The van der Waals surface area contributed by atoms with E-state index in [0.717, 1.165) is 43.9 Å². The Morgan fingerprint density at radius 1 is 1.00 bits per heavy atom. The van der Waals surface area contributed by atoms with Crippen molar-refractivity contribution in [3.8, 4) is 16.8 Å². The first-order valence-corrected chi connectivity index (χ1v) is 12.4. The van der Waals surface area contributed by atoms with Crippen LogP contribution in [-0.4, -0.2) is 29.3 Å². The van der Waals surface area contributed by atoms with Gasteiger partial charge in [0.2, 0.25) is 0 Å². The van der Waals surface area contributed by atoms with E-state index in [-0.39, 0.29) is 11.6 Å². The molecular formula is C27H23N7OS. The van der Waals surface area contributed by atoms with Crippen LogP contribution in [0, 0.1) is 6.92 Å². The van der Waals surface area contributed by atoms with Gasteiger partial charge in [-0.2, -0.15) is 5.10 Å². The van der Waals surface area contributed by atoms with Gasteiger partial charge in [-0.25, -0.2) is 15.0 Å². The van der Waals surface area contributed by atoms with Gasteiger partial charge in [-0.1, -0.05) is 36.4 Å². The van der Waals surface area contributed by atoms with Crippen LogP contribution >= 0.6 is 11.3 Å². The molecule has 0 aliphatic rings. The van der Waals surface area contributed by atoms with Crippen molar-refractivity contribution < 1.29 is 0 Å². The van der Waals surface area contributed by atoms with Crippen molar-refractivity contribution in [2.24, 2.45) is 7.05 Å². The molecule has 6 rings (SSSR count). The lowest BCUT2D eigenvalue weighted by Gasteiger charge is -2.22. The molecule has 1 N–H and O–H groups in total. The Morgan fingerprint density at radius 2 is 1.83 bits per heavy atom. The van der Waals surface area contributed by atoms with Gasteiger partial charge in [0.1, 0.15) is 16.7 Å². The zero-order valence-corrected chi connectivity index (χ0v) is 20.8. The summed E-state index contributed by atoms with van der Waals surface area (Å²) in [5.41, 5.74) is 6.72. The fourth-order valence-corrected chi connectivity index (χ4v) is 5.34. The van der Waals surface area contributed by atoms with Crippen LogP contribution in [0.2, 0.25) is 0 Å². The number of aryl methyl sites for hydroxylation is 2. The summed E-state index contributed by atoms with van der Waals surface area (Å²) in [4.78, 5) is 28.2. The van der Waals surface area contributed by atoms with Crippen molar-refractivity contribution in [3.05, 3.63) is 94.4 Å². The molecule has 2 aromatic carbocycles. The van der Waals surface area contributed by atoms with E-state index in [0.29, 0.717) is 11.2 Å². The monoisotopic (exact) mass is 493 g/mol. The third-order valence-electron chi connectivity index (χ3n) is 6.32. The quantitative estimate of drug-likeness (QED) is 0.352. The Labute approximate surface area is 210 Å². The first-order chi connectivity index (χ1) is 17.5. The van der Waals surface area contributed by atoms with Crippen LogP contribution in [0.4, 0.5) is 5.82 Å². The van der Waals surface area contributed by atoms with E-state index in [1.165, 1.54) is 17.7 Å². The summed E-state index contributed by atoms with van der Waals surface area (Å²) in [6, 6.07) is 17.5. The Hall–Kier alpha value is -4.37. The van der Waals surface area contributed by atoms with Gasteiger partial charge in [0, 0.05) is 30.2 Å². The van der Waals surface area contributed by atoms with Crippen molar-refractivity contribution in [1.82, 2.24) is 29.3 Å². The highest BCUT2D eigenvalue weighted by atomic mass is 32.1. The summed E-state index contributed by atoms with van der Waals surface area (Å²) in [6.45, 7) is 3.99. The molecule has 0 spiro atoms. The summed E-state index contributed by atoms with van der Waals surface area (Å²) in [6.07, 6.45) is 3.49. The number of benzene rings is 2. The molecule has 8 nitrogen and oxygen atoms in total. The summed E-state index contributed by atoms with van der Waals surface area (Å²) >= 11 is 1.47. The van der Waals surface area contributed by atoms with E-state index in [1.807, 2.05) is 75.6 Å². The molecule has 0 aliphatic heterocycles. The molecular weight excluding hydrogens is 470 g/mol. The molecule has 9 heteroatoms. The van der Waals surface area contributed by atoms with Crippen molar-refractivity contribution in [2.75, 3.05) is 5.32 Å². The third-order valence-corrected chi connectivity index (χ3v) is 7.06. The van der Waals surface area contributed by atoms with Gasteiger partial charge in [-0.05, 0) is 43.0 Å². The second-order valence-corrected chi connectivity index (χ2v) is 9.54. The third kappa shape index (κ3) is 3.64. The molecule has 0 saturated carbocycles. The smallest absolute Gasteiger partial charge is 0.263 e. The average Bonchev–Trinajstić information content (AvgIpc) is 3.50. The van der Waals surface area contributed by atoms with E-state index in [1.54, 1.807) is 14.8 Å². The maximum Gasteiger partial charge on any atom is 0.263 e. The van der Waals surface area contributed by atoms with Crippen molar-refractivity contribution in [2.45, 2.75) is 19.9 Å². The van der Waals surface area contributed by atoms with Gasteiger partial charge < -0.3 is 5.32 Å². The molecule has 4 aromatic heterocycles. The molecule has 1 unspecified atom stereocenters. The second kappa shape index (κ2) is 8.69. The lowest BCUT2D eigenvalue weighted by molar-refractivity contribution is 0.756. The molecule has 178 valence electrons. The molecule has 0 amide bonds. The second-order valence-electron chi connectivity index (χ2n) is 8.71. The zero-order chi connectivity index (χ0) is 24.8. The number of hydrogen-bond acceptors (Lipinski definition) is 7. The van der Waals surface area contributed by atoms with Crippen LogP contribution in [0.3, 0.4) is 0 Å². The van der Waals surface area contributed by atoms with Crippen molar-refractivity contribution in [3.63, 3.8) is 0 Å². The lowest BCUT2D eigenvalue weighted by atomic mass is 9.98. The molecule has 0 radical (unpaired) electrons. The average molecular weight is 494 g/mol. The number of pyridine rings is 1. The van der Waals surface area contributed by atoms with Gasteiger partial charge in [0.05, 0.1) is 22.6 Å². The molecule has 6 aromatic rings. The first kappa shape index (κ1) is 22.1. The van der Waals surface area contributed by atoms with E-state index in [2.05, 4.69) is 31.4 Å². The van der Waals surface area contributed by atoms with Gasteiger partial charge in [-0.3, -0.25) is 14.0 Å². The summed E-state index contributed by atoms with van der Waals surface area (Å²) in [7, 11) is 1.89. The number of anilines is 1. The molecule has 36 heavy (non-hydrogen) atoms. The highest BCUT2D eigenvalue weighted by Gasteiger charge is 2.21. The molecule has 0 fully saturated rings. The maximum atomic E-state index is 14.3. The molecule has 0 saturated heterocycles. The minimum atomic E-state index is -0.245. The van der Waals surface area contributed by atoms with Crippen LogP contribution in [0.1, 0.15) is 24.4 Å². The fourth-order valence-electron chi connectivity index (χ4n) is 4.71. The summed E-state index contributed by atoms with van der Waals surface area (Å²) < 4.78 is 3.56. The number of hydrogen-bond donors (Lipinski definition) is 1. The minimum Gasteiger partial charge on any atom is -0.360 e. The van der Waals surface area contributed by atoms with Gasteiger partial charge in [0.25, 0.3) is 5.56 Å². The van der Waals surface area contributed by atoms with Crippen molar-refractivity contribution >= 4 is 38.3 Å². The molecule has 4 heterocycles. The molecule has 0 aliphatic carbocycles. The van der Waals surface area contributed by atoms with E-state index < -0.39 is 0 Å². The maximum absolute atomic E-state index is 14.3. The predicted octanol–water partition coefficient (Wildman–Crippen LogP) is 5.27. The van der Waals surface area contributed by atoms with Crippen LogP contribution < -0.4 is 10.9 Å². The van der Waals surface area contributed by atoms with Gasteiger partial charge >= 0.3 is 0 Å². The van der Waals surface area contributed by atoms with Gasteiger partial charge in [-0.15, -0.1) is 11.3 Å². The molecule has 0 bridgehead atoms. The van der Waals surface area contributed by atoms with Crippen LogP contribution in [0.15, 0.2) is 77.4 Å². The summed E-state index contributed by atoms with van der Waals surface area (Å²) in [5, 5.41) is 9.50. The minimum absolute atomic E-state index is 0.0808. The van der Waals surface area contributed by atoms with Crippen LogP contribution in [0.25, 0.3) is 37.9 Å². The first-order valence-electron chi connectivity index (χ1n) is 11.6. The Bertz CT molecular complexity index is 1790. The van der Waals surface area contributed by atoms with Crippen LogP contribution in [0.5, 0.6) is 0 Å². The number of para-hydroxylation sites is 1. The van der Waals surface area contributed by atoms with E-state index in [9.17, 15) is 4.79 Å². The number of nitrogens with zero attached hydrogens (tertiary/aromatic N) is 6. The Morgan fingerprint density at radius 3 is 2.61 bits per heavy atom. The number of rotatable bonds is 5. The largest absolute Gasteiger partial charge is 0.360 e. The van der Waals surface area contributed by atoms with E-state index >= 15 is 0 Å². The van der Waals surface area contributed by atoms with E-state index in [4.69, 9.17) is 0 Å². The Balaban J connectivity index is 1.58. The number of aromatic nitrogens is 6. The fraction of sp³-hybridized carbons (Fsp3) is 0.148. The lowest BCUT2D eigenvalue weighted by Crippen LogP contribution is -2.26. The highest BCUT2D eigenvalue weighted by molar-refractivity contribution is 7.16. The normalized spacial score (nSPS) is 12.3. The summed E-state index contributed by atoms with van der Waals surface area (Å²) in [5.74, 6) is 0.639. The molecule has 1 atom stereocenters. The predicted molar refractivity (Wildman–Crippen MR) is 144 cm³/mol. The zero-order valence-electron chi connectivity index (χ0n) is 20.0. The number of fused-ring (bicyclic) bond motifs is 2. The number of nitrogens with one attached hydrogen (secondary N) is 1. The topological polar surface area (TPSA) is 90.5 Å². The standard InChI is InChI=1S/C27H23N7OS/c1-16-21(13-33(3)32-16)20-11-7-8-18-12-22(34(27(35)23(18)20)19-9-5-4-6-10-19)17(2)31-25-24-26(29-14-28-25)36-15-30-24/h4-15,17H,1-3H3,(H,28,29,31). The van der Waals surface area contributed by atoms with Crippen LogP contribution in [-0.2, 0) is 7.05 Å². The SMILES string of the molecule is Cc1nn(C)cc1-c1cccc2cc(C(C)Nc3ncnc4scnc34)n(-c3ccccc3)c(=O)c12.